The highest BCUT2D eigenvalue weighted by atomic mass is 16.2. The number of hydrogen-bond acceptors (Lipinski definition) is 4. The summed E-state index contributed by atoms with van der Waals surface area (Å²) in [4.78, 5) is 48.1. The molecule has 0 atom stereocenters. The van der Waals surface area contributed by atoms with Crippen LogP contribution in [0, 0.1) is 0 Å². The molecule has 6 nitrogen and oxygen atoms in total. The molecule has 118 valence electrons. The second kappa shape index (κ2) is 7.49. The second-order valence-electron chi connectivity index (χ2n) is 4.66. The summed E-state index contributed by atoms with van der Waals surface area (Å²) < 4.78 is 0. The van der Waals surface area contributed by atoms with E-state index in [1.54, 1.807) is 13.8 Å². The van der Waals surface area contributed by atoms with E-state index in [0.717, 1.165) is 0 Å². The molecule has 0 radical (unpaired) electrons. The maximum absolute atomic E-state index is 12.1. The first kappa shape index (κ1) is 17.6. The van der Waals surface area contributed by atoms with Crippen LogP contribution in [0.4, 0.5) is 0 Å². The van der Waals surface area contributed by atoms with Gasteiger partial charge in [-0.2, -0.15) is 0 Å². The van der Waals surface area contributed by atoms with Gasteiger partial charge in [-0.25, -0.2) is 0 Å². The number of rotatable bonds is 6. The molecule has 0 saturated heterocycles. The molecular formula is C16H20N2O4. The Morgan fingerprint density at radius 3 is 1.32 bits per heavy atom. The Morgan fingerprint density at radius 1 is 0.727 bits per heavy atom. The third kappa shape index (κ3) is 3.39. The third-order valence-electron chi connectivity index (χ3n) is 3.34. The Balaban J connectivity index is 3.70. The monoisotopic (exact) mass is 304 g/mol. The zero-order valence-corrected chi connectivity index (χ0v) is 13.2. The van der Waals surface area contributed by atoms with E-state index in [2.05, 4.69) is 10.6 Å². The molecule has 22 heavy (non-hydrogen) atoms. The number of carbonyl (C=O) groups excluding carboxylic acids is 4. The fourth-order valence-corrected chi connectivity index (χ4v) is 2.09. The molecule has 0 aliphatic heterocycles. The maximum atomic E-state index is 12.1. The van der Waals surface area contributed by atoms with E-state index >= 15 is 0 Å². The Labute approximate surface area is 129 Å². The number of carbonyl (C=O) groups is 4. The van der Waals surface area contributed by atoms with Crippen LogP contribution in [0.15, 0.2) is 12.1 Å². The molecule has 6 heteroatoms. The Bertz CT molecular complexity index is 529. The summed E-state index contributed by atoms with van der Waals surface area (Å²) in [6.45, 7) is 3.34. The van der Waals surface area contributed by atoms with Gasteiger partial charge in [0.25, 0.3) is 11.8 Å². The fourth-order valence-electron chi connectivity index (χ4n) is 2.09. The van der Waals surface area contributed by atoms with Crippen LogP contribution in [-0.2, 0) is 0 Å². The summed E-state index contributed by atoms with van der Waals surface area (Å²) in [7, 11) is 2.88. The van der Waals surface area contributed by atoms with Crippen molar-refractivity contribution in [2.45, 2.75) is 26.7 Å². The van der Waals surface area contributed by atoms with Crippen LogP contribution in [0.5, 0.6) is 0 Å². The zero-order valence-electron chi connectivity index (χ0n) is 13.2. The smallest absolute Gasteiger partial charge is 0.251 e. The molecule has 0 fully saturated rings. The van der Waals surface area contributed by atoms with Gasteiger partial charge in [0.1, 0.15) is 0 Å². The van der Waals surface area contributed by atoms with Crippen LogP contribution in [0.1, 0.15) is 68.1 Å². The van der Waals surface area contributed by atoms with Crippen LogP contribution in [0.25, 0.3) is 0 Å². The molecule has 0 saturated carbocycles. The van der Waals surface area contributed by atoms with Crippen LogP contribution in [-0.4, -0.2) is 37.5 Å². The predicted molar refractivity (Wildman–Crippen MR) is 82.5 cm³/mol. The molecule has 0 heterocycles. The van der Waals surface area contributed by atoms with Gasteiger partial charge in [-0.05, 0) is 12.1 Å². The SMILES string of the molecule is CCC(=O)c1cc(C(=O)CC)c(C(=O)NC)cc1C(=O)NC. The van der Waals surface area contributed by atoms with Gasteiger partial charge in [-0.15, -0.1) is 0 Å². The lowest BCUT2D eigenvalue weighted by atomic mass is 9.91. The van der Waals surface area contributed by atoms with Crippen molar-refractivity contribution < 1.29 is 19.2 Å². The molecule has 0 bridgehead atoms. The summed E-state index contributed by atoms with van der Waals surface area (Å²) in [6, 6.07) is 2.66. The summed E-state index contributed by atoms with van der Waals surface area (Å²) in [5.74, 6) is -1.46. The van der Waals surface area contributed by atoms with Gasteiger partial charge < -0.3 is 10.6 Å². The molecule has 0 unspecified atom stereocenters. The highest BCUT2D eigenvalue weighted by molar-refractivity contribution is 6.14. The van der Waals surface area contributed by atoms with Crippen molar-refractivity contribution in [2.75, 3.05) is 14.1 Å². The molecular weight excluding hydrogens is 284 g/mol. The van der Waals surface area contributed by atoms with Gasteiger partial charge in [0.15, 0.2) is 11.6 Å². The van der Waals surface area contributed by atoms with E-state index in [1.807, 2.05) is 0 Å². The number of hydrogen-bond donors (Lipinski definition) is 2. The Hall–Kier alpha value is -2.50. The number of amides is 2. The summed E-state index contributed by atoms with van der Waals surface area (Å²) in [6.07, 6.45) is 0.395. The summed E-state index contributed by atoms with van der Waals surface area (Å²) in [5, 5.41) is 4.88. The average molecular weight is 304 g/mol. The van der Waals surface area contributed by atoms with E-state index in [4.69, 9.17) is 0 Å². The molecule has 1 aromatic carbocycles. The van der Waals surface area contributed by atoms with Crippen molar-refractivity contribution in [2.24, 2.45) is 0 Å². The third-order valence-corrected chi connectivity index (χ3v) is 3.34. The number of Topliss-reactive ketones (excluding diaryl/α,β-unsaturated/α-hetero) is 2. The highest BCUT2D eigenvalue weighted by Gasteiger charge is 2.23. The van der Waals surface area contributed by atoms with Gasteiger partial charge in [-0.3, -0.25) is 19.2 Å². The molecule has 2 amide bonds. The van der Waals surface area contributed by atoms with Crippen molar-refractivity contribution in [1.82, 2.24) is 10.6 Å². The van der Waals surface area contributed by atoms with Crippen molar-refractivity contribution >= 4 is 23.4 Å². The van der Waals surface area contributed by atoms with Crippen molar-refractivity contribution in [1.29, 1.82) is 0 Å². The predicted octanol–water partition coefficient (Wildman–Crippen LogP) is 1.59. The lowest BCUT2D eigenvalue weighted by Gasteiger charge is -2.13. The van der Waals surface area contributed by atoms with E-state index in [1.165, 1.54) is 26.2 Å². The Morgan fingerprint density at radius 2 is 1.05 bits per heavy atom. The molecule has 0 aromatic heterocycles. The number of benzene rings is 1. The van der Waals surface area contributed by atoms with Crippen LogP contribution in [0.3, 0.4) is 0 Å². The first-order chi connectivity index (χ1) is 10.4. The van der Waals surface area contributed by atoms with Gasteiger partial charge in [0.2, 0.25) is 0 Å². The van der Waals surface area contributed by atoms with Crippen molar-refractivity contribution in [3.63, 3.8) is 0 Å². The van der Waals surface area contributed by atoms with Gasteiger partial charge >= 0.3 is 0 Å². The minimum atomic E-state index is -0.475. The van der Waals surface area contributed by atoms with E-state index in [9.17, 15) is 19.2 Å². The number of nitrogens with one attached hydrogen (secondary N) is 2. The molecule has 1 aromatic rings. The molecule has 0 spiro atoms. The minimum Gasteiger partial charge on any atom is -0.355 e. The van der Waals surface area contributed by atoms with Crippen LogP contribution >= 0.6 is 0 Å². The summed E-state index contributed by atoms with van der Waals surface area (Å²) in [5.41, 5.74) is 0.513. The first-order valence-electron chi connectivity index (χ1n) is 7.09. The minimum absolute atomic E-state index is 0.0978. The largest absolute Gasteiger partial charge is 0.355 e. The lowest BCUT2D eigenvalue weighted by molar-refractivity contribution is 0.0929. The van der Waals surface area contributed by atoms with E-state index < -0.39 is 11.8 Å². The van der Waals surface area contributed by atoms with Crippen LogP contribution < -0.4 is 10.6 Å². The fraction of sp³-hybridized carbons (Fsp3) is 0.375. The maximum Gasteiger partial charge on any atom is 0.251 e. The lowest BCUT2D eigenvalue weighted by Crippen LogP contribution is -2.26. The average Bonchev–Trinajstić information content (AvgIpc) is 2.57. The Kier molecular flexibility index (Phi) is 5.98. The molecule has 0 aliphatic rings. The van der Waals surface area contributed by atoms with Crippen LogP contribution in [0.2, 0.25) is 0 Å². The molecule has 0 aliphatic carbocycles. The van der Waals surface area contributed by atoms with Crippen molar-refractivity contribution in [3.8, 4) is 0 Å². The first-order valence-corrected chi connectivity index (χ1v) is 7.09. The van der Waals surface area contributed by atoms with Crippen molar-refractivity contribution in [3.05, 3.63) is 34.4 Å². The summed E-state index contributed by atoms with van der Waals surface area (Å²) >= 11 is 0. The molecule has 2 N–H and O–H groups in total. The van der Waals surface area contributed by atoms with Gasteiger partial charge in [0, 0.05) is 38.1 Å². The van der Waals surface area contributed by atoms with Gasteiger partial charge in [0.05, 0.1) is 11.1 Å². The van der Waals surface area contributed by atoms with Gasteiger partial charge in [-0.1, -0.05) is 13.8 Å². The second-order valence-corrected chi connectivity index (χ2v) is 4.66. The van der Waals surface area contributed by atoms with E-state index in [0.29, 0.717) is 0 Å². The zero-order chi connectivity index (χ0) is 16.9. The topological polar surface area (TPSA) is 92.3 Å². The van der Waals surface area contributed by atoms with E-state index in [-0.39, 0.29) is 46.7 Å². The standard InChI is InChI=1S/C16H20N2O4/c1-5-13(19)9-7-10(14(20)6-2)12(16(22)18-4)8-11(9)15(21)17-3/h7-8H,5-6H2,1-4H3,(H,17,21)(H,18,22). The molecule has 1 rings (SSSR count). The number of ketones is 2. The highest BCUT2D eigenvalue weighted by Crippen LogP contribution is 2.21. The quantitative estimate of drug-likeness (QED) is 0.781. The normalized spacial score (nSPS) is 10.0.